The maximum atomic E-state index is 12.4. The van der Waals surface area contributed by atoms with Gasteiger partial charge in [-0.1, -0.05) is 0 Å². The van der Waals surface area contributed by atoms with Crippen LogP contribution in [0.2, 0.25) is 0 Å². The van der Waals surface area contributed by atoms with Gasteiger partial charge < -0.3 is 10.2 Å². The van der Waals surface area contributed by atoms with Crippen molar-refractivity contribution in [2.24, 2.45) is 5.92 Å². The summed E-state index contributed by atoms with van der Waals surface area (Å²) in [7, 11) is 0. The van der Waals surface area contributed by atoms with Gasteiger partial charge in [-0.15, -0.1) is 0 Å². The third-order valence-electron chi connectivity index (χ3n) is 6.09. The molecule has 1 atom stereocenters. The molecular weight excluding hydrogens is 326 g/mol. The summed E-state index contributed by atoms with van der Waals surface area (Å²) in [6, 6.07) is 1.08. The highest BCUT2D eigenvalue weighted by Crippen LogP contribution is 2.28. The Hall–Kier alpha value is -1.69. The van der Waals surface area contributed by atoms with Crippen LogP contribution in [0.15, 0.2) is 6.20 Å². The fourth-order valence-corrected chi connectivity index (χ4v) is 4.38. The van der Waals surface area contributed by atoms with E-state index in [1.807, 2.05) is 13.1 Å². The first-order valence-electron chi connectivity index (χ1n) is 10.2. The van der Waals surface area contributed by atoms with Gasteiger partial charge in [-0.2, -0.15) is 0 Å². The molecule has 3 fully saturated rings. The molecule has 0 bridgehead atoms. The van der Waals surface area contributed by atoms with Crippen molar-refractivity contribution in [3.05, 3.63) is 17.6 Å². The molecule has 3 heterocycles. The summed E-state index contributed by atoms with van der Waals surface area (Å²) in [5.41, 5.74) is 1.16. The number of hydrogen-bond donors (Lipinski definition) is 1. The van der Waals surface area contributed by atoms with E-state index in [0.717, 1.165) is 69.1 Å². The van der Waals surface area contributed by atoms with Crippen molar-refractivity contribution in [3.63, 3.8) is 0 Å². The van der Waals surface area contributed by atoms with E-state index in [1.54, 1.807) is 0 Å². The molecule has 1 aliphatic carbocycles. The van der Waals surface area contributed by atoms with E-state index in [1.165, 1.54) is 12.8 Å². The van der Waals surface area contributed by atoms with E-state index in [2.05, 4.69) is 32.0 Å². The third kappa shape index (κ3) is 4.00. The normalized spacial score (nSPS) is 25.3. The van der Waals surface area contributed by atoms with Crippen LogP contribution in [0.3, 0.4) is 0 Å². The predicted octanol–water partition coefficient (Wildman–Crippen LogP) is 2.05. The summed E-state index contributed by atoms with van der Waals surface area (Å²) >= 11 is 0. The zero-order valence-corrected chi connectivity index (χ0v) is 16.1. The van der Waals surface area contributed by atoms with Crippen LogP contribution >= 0.6 is 0 Å². The van der Waals surface area contributed by atoms with Crippen LogP contribution in [0.25, 0.3) is 0 Å². The fourth-order valence-electron chi connectivity index (χ4n) is 4.38. The number of hydrogen-bond acceptors (Lipinski definition) is 5. The maximum absolute atomic E-state index is 12.4. The number of nitrogens with one attached hydrogen (secondary N) is 1. The van der Waals surface area contributed by atoms with Gasteiger partial charge in [0.1, 0.15) is 11.6 Å². The molecule has 6 nitrogen and oxygen atoms in total. The number of aryl methyl sites for hydroxylation is 2. The molecule has 2 aliphatic heterocycles. The lowest BCUT2D eigenvalue weighted by molar-refractivity contribution is -0.127. The first-order valence-corrected chi connectivity index (χ1v) is 10.2. The van der Waals surface area contributed by atoms with Crippen molar-refractivity contribution in [1.29, 1.82) is 0 Å². The molecule has 0 aromatic carbocycles. The van der Waals surface area contributed by atoms with E-state index in [-0.39, 0.29) is 5.92 Å². The summed E-state index contributed by atoms with van der Waals surface area (Å²) in [6.45, 7) is 8.21. The molecule has 4 rings (SSSR count). The van der Waals surface area contributed by atoms with Gasteiger partial charge in [0.15, 0.2) is 0 Å². The molecule has 26 heavy (non-hydrogen) atoms. The number of carbonyl (C=O) groups is 1. The zero-order chi connectivity index (χ0) is 18.1. The van der Waals surface area contributed by atoms with Crippen LogP contribution in [-0.4, -0.2) is 59.0 Å². The number of anilines is 1. The Balaban J connectivity index is 1.32. The van der Waals surface area contributed by atoms with Gasteiger partial charge in [0.05, 0.1) is 5.92 Å². The second kappa shape index (κ2) is 7.51. The highest BCUT2D eigenvalue weighted by Gasteiger charge is 2.34. The minimum absolute atomic E-state index is 0.189. The van der Waals surface area contributed by atoms with Crippen LogP contribution in [0.1, 0.15) is 49.9 Å². The Morgan fingerprint density at radius 1 is 1.12 bits per heavy atom. The van der Waals surface area contributed by atoms with Crippen LogP contribution < -0.4 is 10.2 Å². The maximum Gasteiger partial charge on any atom is 0.224 e. The Bertz CT molecular complexity index is 652. The molecule has 2 saturated heterocycles. The second-order valence-corrected chi connectivity index (χ2v) is 8.26. The van der Waals surface area contributed by atoms with Crippen LogP contribution in [-0.2, 0) is 4.79 Å². The van der Waals surface area contributed by atoms with E-state index in [4.69, 9.17) is 0 Å². The third-order valence-corrected chi connectivity index (χ3v) is 6.09. The first-order chi connectivity index (χ1) is 12.6. The Morgan fingerprint density at radius 3 is 2.62 bits per heavy atom. The fraction of sp³-hybridized carbons (Fsp3) is 0.750. The smallest absolute Gasteiger partial charge is 0.224 e. The van der Waals surface area contributed by atoms with E-state index in [9.17, 15) is 4.79 Å². The molecule has 0 radical (unpaired) electrons. The molecule has 0 unspecified atom stereocenters. The van der Waals surface area contributed by atoms with Gasteiger partial charge in [-0.25, -0.2) is 9.97 Å². The summed E-state index contributed by atoms with van der Waals surface area (Å²) in [4.78, 5) is 26.3. The van der Waals surface area contributed by atoms with Gasteiger partial charge in [0.25, 0.3) is 0 Å². The van der Waals surface area contributed by atoms with Crippen LogP contribution in [0.4, 0.5) is 5.82 Å². The average molecular weight is 358 g/mol. The largest absolute Gasteiger partial charge is 0.356 e. The number of rotatable bonds is 4. The average Bonchev–Trinajstić information content (AvgIpc) is 3.48. The summed E-state index contributed by atoms with van der Waals surface area (Å²) < 4.78 is 0. The lowest BCUT2D eigenvalue weighted by atomic mass is 9.93. The topological polar surface area (TPSA) is 61.4 Å². The molecule has 1 aromatic heterocycles. The number of nitrogens with zero attached hydrogens (tertiary/aromatic N) is 4. The minimum atomic E-state index is 0.189. The van der Waals surface area contributed by atoms with Crippen molar-refractivity contribution in [2.75, 3.05) is 31.1 Å². The molecule has 1 amide bonds. The monoisotopic (exact) mass is 357 g/mol. The van der Waals surface area contributed by atoms with Crippen molar-refractivity contribution >= 4 is 11.7 Å². The number of carbonyl (C=O) groups excluding carboxylic acids is 1. The van der Waals surface area contributed by atoms with Crippen molar-refractivity contribution in [1.82, 2.24) is 20.2 Å². The SMILES string of the molecule is Cc1ncc(C)c(N2CCC(N3CCC[C@H](C(=O)NC4CC4)C3)CC2)n1. The molecule has 0 spiro atoms. The highest BCUT2D eigenvalue weighted by molar-refractivity contribution is 5.79. The summed E-state index contributed by atoms with van der Waals surface area (Å²) in [5.74, 6) is 2.42. The van der Waals surface area contributed by atoms with Gasteiger partial charge >= 0.3 is 0 Å². The first kappa shape index (κ1) is 17.7. The predicted molar refractivity (Wildman–Crippen MR) is 102 cm³/mol. The highest BCUT2D eigenvalue weighted by atomic mass is 16.2. The number of aromatic nitrogens is 2. The molecule has 3 aliphatic rings. The standard InChI is InChI=1S/C20H31N5O/c1-14-12-21-15(2)22-19(14)24-10-7-18(8-11-24)25-9-3-4-16(13-25)20(26)23-17-5-6-17/h12,16-18H,3-11,13H2,1-2H3,(H,23,26)/t16-/m0/s1. The lowest BCUT2D eigenvalue weighted by Crippen LogP contribution is -2.51. The van der Waals surface area contributed by atoms with Crippen molar-refractivity contribution in [2.45, 2.75) is 64.5 Å². The van der Waals surface area contributed by atoms with Gasteiger partial charge in [0, 0.05) is 43.5 Å². The second-order valence-electron chi connectivity index (χ2n) is 8.26. The Morgan fingerprint density at radius 2 is 1.88 bits per heavy atom. The minimum Gasteiger partial charge on any atom is -0.356 e. The van der Waals surface area contributed by atoms with Gasteiger partial charge in [-0.3, -0.25) is 9.69 Å². The number of amides is 1. The summed E-state index contributed by atoms with van der Waals surface area (Å²) in [5, 5.41) is 3.20. The molecule has 1 aromatic rings. The van der Waals surface area contributed by atoms with Gasteiger partial charge in [-0.05, 0) is 58.9 Å². The Labute approximate surface area is 156 Å². The van der Waals surface area contributed by atoms with Crippen molar-refractivity contribution in [3.8, 4) is 0 Å². The molecule has 6 heteroatoms. The van der Waals surface area contributed by atoms with Crippen LogP contribution in [0.5, 0.6) is 0 Å². The number of likely N-dealkylation sites (tertiary alicyclic amines) is 1. The van der Waals surface area contributed by atoms with E-state index >= 15 is 0 Å². The lowest BCUT2D eigenvalue weighted by Gasteiger charge is -2.42. The summed E-state index contributed by atoms with van der Waals surface area (Å²) in [6.07, 6.45) is 8.77. The van der Waals surface area contributed by atoms with E-state index < -0.39 is 0 Å². The van der Waals surface area contributed by atoms with Gasteiger partial charge in [0.2, 0.25) is 5.91 Å². The van der Waals surface area contributed by atoms with Crippen molar-refractivity contribution < 1.29 is 4.79 Å². The molecule has 1 N–H and O–H groups in total. The molecular formula is C20H31N5O. The number of piperidine rings is 2. The zero-order valence-electron chi connectivity index (χ0n) is 16.1. The van der Waals surface area contributed by atoms with Crippen LogP contribution in [0, 0.1) is 19.8 Å². The van der Waals surface area contributed by atoms with E-state index in [0.29, 0.717) is 18.0 Å². The Kier molecular flexibility index (Phi) is 5.11. The molecule has 142 valence electrons. The molecule has 1 saturated carbocycles. The quantitative estimate of drug-likeness (QED) is 0.894.